The molecule has 1 N–H and O–H groups in total. The highest BCUT2D eigenvalue weighted by atomic mass is 79.9. The first-order chi connectivity index (χ1) is 12.2. The Kier molecular flexibility index (Phi) is 5.45. The number of amides is 1. The quantitative estimate of drug-likeness (QED) is 0.556. The minimum atomic E-state index is -4.50. The van der Waals surface area contributed by atoms with Crippen molar-refractivity contribution in [3.05, 3.63) is 68.0 Å². The molecule has 1 saturated heterocycles. The predicted octanol–water partition coefficient (Wildman–Crippen LogP) is 6.01. The van der Waals surface area contributed by atoms with E-state index in [1.165, 1.54) is 0 Å². The van der Waals surface area contributed by atoms with Crippen molar-refractivity contribution in [2.24, 2.45) is 4.99 Å². The van der Waals surface area contributed by atoms with E-state index >= 15 is 0 Å². The van der Waals surface area contributed by atoms with Crippen LogP contribution in [0.3, 0.4) is 0 Å². The highest BCUT2D eigenvalue weighted by Crippen LogP contribution is 2.36. The van der Waals surface area contributed by atoms with Gasteiger partial charge in [-0.15, -0.1) is 0 Å². The van der Waals surface area contributed by atoms with Gasteiger partial charge in [-0.05, 0) is 53.7 Å². The van der Waals surface area contributed by atoms with E-state index in [2.05, 4.69) is 26.2 Å². The fourth-order valence-electron chi connectivity index (χ4n) is 2.11. The molecule has 1 heterocycles. The number of hydrogen-bond acceptors (Lipinski definition) is 3. The van der Waals surface area contributed by atoms with E-state index in [4.69, 9.17) is 11.6 Å². The van der Waals surface area contributed by atoms with E-state index < -0.39 is 11.7 Å². The van der Waals surface area contributed by atoms with Crippen LogP contribution in [0.1, 0.15) is 11.1 Å². The van der Waals surface area contributed by atoms with Crippen molar-refractivity contribution in [2.75, 3.05) is 0 Å². The van der Waals surface area contributed by atoms with Crippen LogP contribution in [0.5, 0.6) is 0 Å². The number of carbonyl (C=O) groups is 1. The number of rotatable bonds is 2. The van der Waals surface area contributed by atoms with E-state index in [1.807, 2.05) is 24.3 Å². The van der Waals surface area contributed by atoms with Crippen LogP contribution < -0.4 is 5.32 Å². The van der Waals surface area contributed by atoms with Crippen molar-refractivity contribution in [3.8, 4) is 0 Å². The van der Waals surface area contributed by atoms with Crippen LogP contribution in [0.15, 0.2) is 56.8 Å². The smallest absolute Gasteiger partial charge is 0.300 e. The lowest BCUT2D eigenvalue weighted by Gasteiger charge is -2.08. The molecule has 1 amide bonds. The molecule has 0 radical (unpaired) electrons. The number of nitrogens with zero attached hydrogens (tertiary/aromatic N) is 1. The summed E-state index contributed by atoms with van der Waals surface area (Å²) in [6.45, 7) is 0. The molecule has 26 heavy (non-hydrogen) atoms. The minimum absolute atomic E-state index is 0.0600. The normalized spacial score (nSPS) is 17.8. The average Bonchev–Trinajstić information content (AvgIpc) is 2.88. The summed E-state index contributed by atoms with van der Waals surface area (Å²) in [6.07, 6.45) is -2.83. The van der Waals surface area contributed by atoms with E-state index in [9.17, 15) is 18.0 Å². The lowest BCUT2D eigenvalue weighted by Crippen LogP contribution is -2.19. The Balaban J connectivity index is 1.89. The Morgan fingerprint density at radius 2 is 1.96 bits per heavy atom. The maximum Gasteiger partial charge on any atom is 0.416 e. The van der Waals surface area contributed by atoms with E-state index in [0.29, 0.717) is 4.91 Å². The molecule has 1 aliphatic heterocycles. The fourth-order valence-corrected chi connectivity index (χ4v) is 3.52. The molecule has 0 unspecified atom stereocenters. The second kappa shape index (κ2) is 7.46. The van der Waals surface area contributed by atoms with Gasteiger partial charge in [0.15, 0.2) is 5.17 Å². The average molecular weight is 462 g/mol. The minimum Gasteiger partial charge on any atom is -0.300 e. The summed E-state index contributed by atoms with van der Waals surface area (Å²) in [5, 5.41) is 2.75. The zero-order chi connectivity index (χ0) is 18.9. The van der Waals surface area contributed by atoms with Crippen molar-refractivity contribution in [2.45, 2.75) is 6.18 Å². The summed E-state index contributed by atoms with van der Waals surface area (Å²) in [5.74, 6) is -0.378. The molecule has 0 bridgehead atoms. The molecule has 3 rings (SSSR count). The standard InChI is InChI=1S/C17H9BrClF3N2OS/c18-11-3-1-2-9(6-11)7-14-15(25)24-16(26-14)23-13-8-10(17(20,21)22)4-5-12(13)19/h1-8H,(H,23,24,25)/b14-7-. The van der Waals surface area contributed by atoms with Gasteiger partial charge in [0, 0.05) is 4.47 Å². The van der Waals surface area contributed by atoms with Crippen LogP contribution in [-0.4, -0.2) is 11.1 Å². The monoisotopic (exact) mass is 460 g/mol. The van der Waals surface area contributed by atoms with Crippen LogP contribution in [0.25, 0.3) is 6.08 Å². The van der Waals surface area contributed by atoms with Gasteiger partial charge in [0.05, 0.1) is 21.2 Å². The lowest BCUT2D eigenvalue weighted by molar-refractivity contribution is -0.137. The highest BCUT2D eigenvalue weighted by Gasteiger charge is 2.31. The van der Waals surface area contributed by atoms with Crippen LogP contribution in [0.4, 0.5) is 18.9 Å². The summed E-state index contributed by atoms with van der Waals surface area (Å²) in [6, 6.07) is 10.2. The Morgan fingerprint density at radius 1 is 1.19 bits per heavy atom. The number of amidine groups is 1. The molecular formula is C17H9BrClF3N2OS. The highest BCUT2D eigenvalue weighted by molar-refractivity contribution is 9.10. The third kappa shape index (κ3) is 4.49. The third-order valence-electron chi connectivity index (χ3n) is 3.29. The van der Waals surface area contributed by atoms with Gasteiger partial charge in [0.25, 0.3) is 5.91 Å². The first-order valence-corrected chi connectivity index (χ1v) is 9.13. The molecule has 3 nitrogen and oxygen atoms in total. The maximum atomic E-state index is 12.8. The number of aliphatic imine (C=N–C) groups is 1. The van der Waals surface area contributed by atoms with Gasteiger partial charge in [-0.2, -0.15) is 13.2 Å². The van der Waals surface area contributed by atoms with Crippen molar-refractivity contribution < 1.29 is 18.0 Å². The Hall–Kier alpha value is -1.77. The second-order valence-electron chi connectivity index (χ2n) is 5.20. The third-order valence-corrected chi connectivity index (χ3v) is 5.02. The van der Waals surface area contributed by atoms with Crippen molar-refractivity contribution >= 4 is 62.1 Å². The zero-order valence-electron chi connectivity index (χ0n) is 12.8. The van der Waals surface area contributed by atoms with Crippen molar-refractivity contribution in [3.63, 3.8) is 0 Å². The van der Waals surface area contributed by atoms with E-state index in [-0.39, 0.29) is 21.8 Å². The zero-order valence-corrected chi connectivity index (χ0v) is 15.9. The second-order valence-corrected chi connectivity index (χ2v) is 7.55. The first kappa shape index (κ1) is 19.0. The Bertz CT molecular complexity index is 944. The van der Waals surface area contributed by atoms with Crippen LogP contribution >= 0.6 is 39.3 Å². The molecule has 9 heteroatoms. The first-order valence-electron chi connectivity index (χ1n) is 7.14. The van der Waals surface area contributed by atoms with Gasteiger partial charge in [0.2, 0.25) is 0 Å². The molecule has 0 atom stereocenters. The van der Waals surface area contributed by atoms with E-state index in [0.717, 1.165) is 40.0 Å². The van der Waals surface area contributed by atoms with Gasteiger partial charge in [-0.25, -0.2) is 4.99 Å². The number of alkyl halides is 3. The Labute approximate surface area is 164 Å². The number of carbonyl (C=O) groups excluding carboxylic acids is 1. The number of nitrogens with one attached hydrogen (secondary N) is 1. The summed E-state index contributed by atoms with van der Waals surface area (Å²) in [5.41, 5.74) is -0.121. The van der Waals surface area contributed by atoms with Gasteiger partial charge in [-0.3, -0.25) is 4.79 Å². The molecule has 0 aromatic heterocycles. The molecule has 1 fully saturated rings. The molecule has 1 aliphatic rings. The maximum absolute atomic E-state index is 12.8. The van der Waals surface area contributed by atoms with Crippen molar-refractivity contribution in [1.82, 2.24) is 5.32 Å². The molecule has 2 aromatic carbocycles. The van der Waals surface area contributed by atoms with Gasteiger partial charge >= 0.3 is 6.18 Å². The number of halogens is 5. The van der Waals surface area contributed by atoms with Gasteiger partial charge in [0.1, 0.15) is 0 Å². The molecular weight excluding hydrogens is 453 g/mol. The fraction of sp³-hybridized carbons (Fsp3) is 0.0588. The largest absolute Gasteiger partial charge is 0.416 e. The molecule has 0 saturated carbocycles. The van der Waals surface area contributed by atoms with Crippen LogP contribution in [-0.2, 0) is 11.0 Å². The predicted molar refractivity (Wildman–Crippen MR) is 101 cm³/mol. The molecule has 0 spiro atoms. The lowest BCUT2D eigenvalue weighted by atomic mass is 10.2. The van der Waals surface area contributed by atoms with Gasteiger partial charge < -0.3 is 5.32 Å². The van der Waals surface area contributed by atoms with E-state index in [1.54, 1.807) is 6.08 Å². The Morgan fingerprint density at radius 3 is 2.65 bits per heavy atom. The number of hydrogen-bond donors (Lipinski definition) is 1. The molecule has 0 aliphatic carbocycles. The summed E-state index contributed by atoms with van der Waals surface area (Å²) in [4.78, 5) is 16.5. The SMILES string of the molecule is O=C1NC(=Nc2cc(C(F)(F)F)ccc2Cl)S/C1=C\c1cccc(Br)c1. The number of thioether (sulfide) groups is 1. The topological polar surface area (TPSA) is 41.5 Å². The number of benzene rings is 2. The van der Waals surface area contributed by atoms with Gasteiger partial charge in [-0.1, -0.05) is 39.7 Å². The summed E-state index contributed by atoms with van der Waals surface area (Å²) < 4.78 is 39.4. The van der Waals surface area contributed by atoms with Crippen LogP contribution in [0, 0.1) is 0 Å². The van der Waals surface area contributed by atoms with Crippen LogP contribution in [0.2, 0.25) is 5.02 Å². The molecule has 134 valence electrons. The molecule has 2 aromatic rings. The van der Waals surface area contributed by atoms with Crippen molar-refractivity contribution in [1.29, 1.82) is 0 Å². The summed E-state index contributed by atoms with van der Waals surface area (Å²) >= 11 is 10.3. The summed E-state index contributed by atoms with van der Waals surface area (Å²) in [7, 11) is 0.